The summed E-state index contributed by atoms with van der Waals surface area (Å²) in [6.07, 6.45) is 80.8. The lowest BCUT2D eigenvalue weighted by Gasteiger charge is -2.30. The van der Waals surface area contributed by atoms with E-state index in [-0.39, 0.29) is 25.5 Å². The van der Waals surface area contributed by atoms with Crippen LogP contribution in [0.2, 0.25) is 0 Å². The number of rotatable bonds is 58. The van der Waals surface area contributed by atoms with Crippen molar-refractivity contribution in [1.29, 1.82) is 0 Å². The van der Waals surface area contributed by atoms with Crippen molar-refractivity contribution >= 4 is 13.7 Å². The first-order valence-corrected chi connectivity index (χ1v) is 33.4. The second kappa shape index (κ2) is 57.4. The van der Waals surface area contributed by atoms with E-state index in [1.54, 1.807) is 0 Å². The monoisotopic (exact) mass is 1080 g/mol. The fraction of sp³-hybridized carbons (Fsp3) is 0.776. The molecule has 0 aromatic rings. The maximum Gasteiger partial charge on any atom is 0.268 e. The summed E-state index contributed by atoms with van der Waals surface area (Å²) >= 11 is 0. The lowest BCUT2D eigenvalue weighted by atomic mass is 10.0. The Morgan fingerprint density at radius 3 is 1.12 bits per heavy atom. The van der Waals surface area contributed by atoms with Crippen molar-refractivity contribution in [3.63, 3.8) is 0 Å². The Bertz CT molecular complexity index is 1510. The number of nitrogens with one attached hydrogen (secondary N) is 1. The maximum atomic E-state index is 13.0. The Morgan fingerprint density at radius 2 is 0.789 bits per heavy atom. The van der Waals surface area contributed by atoms with Gasteiger partial charge in [0.25, 0.3) is 7.82 Å². The quantitative estimate of drug-likeness (QED) is 0.0272. The summed E-state index contributed by atoms with van der Waals surface area (Å²) in [5.74, 6) is -0.222. The Labute approximate surface area is 471 Å². The zero-order valence-electron chi connectivity index (χ0n) is 50.4. The predicted octanol–water partition coefficient (Wildman–Crippen LogP) is 19.4. The minimum Gasteiger partial charge on any atom is -0.756 e. The number of carbonyl (C=O) groups is 1. The van der Waals surface area contributed by atoms with Crippen LogP contribution in [0.1, 0.15) is 284 Å². The van der Waals surface area contributed by atoms with E-state index in [2.05, 4.69) is 104 Å². The number of aliphatic hydroxyl groups is 1. The highest BCUT2D eigenvalue weighted by Crippen LogP contribution is 2.38. The molecule has 3 atom stereocenters. The smallest absolute Gasteiger partial charge is 0.268 e. The first-order valence-electron chi connectivity index (χ1n) is 31.9. The minimum absolute atomic E-state index is 0.00282. The fourth-order valence-electron chi connectivity index (χ4n) is 9.21. The van der Waals surface area contributed by atoms with E-state index in [0.717, 1.165) is 70.6 Å². The number of amides is 1. The highest BCUT2D eigenvalue weighted by Gasteiger charge is 2.24. The number of aliphatic hydroxyl groups excluding tert-OH is 1. The number of phosphoric acid groups is 1. The molecule has 2 N–H and O–H groups in total. The number of quaternary nitrogens is 1. The van der Waals surface area contributed by atoms with Gasteiger partial charge in [0, 0.05) is 6.42 Å². The van der Waals surface area contributed by atoms with Gasteiger partial charge in [-0.25, -0.2) is 0 Å². The molecule has 0 aromatic carbocycles. The van der Waals surface area contributed by atoms with E-state index >= 15 is 0 Å². The van der Waals surface area contributed by atoms with Crippen LogP contribution in [0.4, 0.5) is 0 Å². The zero-order chi connectivity index (χ0) is 55.6. The van der Waals surface area contributed by atoms with Gasteiger partial charge < -0.3 is 28.8 Å². The summed E-state index contributed by atoms with van der Waals surface area (Å²) in [6.45, 7) is 4.59. The van der Waals surface area contributed by atoms with Crippen LogP contribution in [-0.2, 0) is 18.4 Å². The number of hydrogen-bond acceptors (Lipinski definition) is 6. The molecule has 0 heterocycles. The molecule has 8 nitrogen and oxygen atoms in total. The average Bonchev–Trinajstić information content (AvgIpc) is 3.38. The van der Waals surface area contributed by atoms with Crippen molar-refractivity contribution in [3.05, 3.63) is 85.1 Å². The van der Waals surface area contributed by atoms with Gasteiger partial charge in [-0.3, -0.25) is 9.36 Å². The summed E-state index contributed by atoms with van der Waals surface area (Å²) < 4.78 is 23.4. The Kier molecular flexibility index (Phi) is 55.6. The number of hydrogen-bond donors (Lipinski definition) is 2. The molecule has 0 saturated carbocycles. The zero-order valence-corrected chi connectivity index (χ0v) is 51.3. The van der Waals surface area contributed by atoms with Gasteiger partial charge in [-0.05, 0) is 64.2 Å². The molecule has 0 aliphatic carbocycles. The van der Waals surface area contributed by atoms with Gasteiger partial charge in [0.1, 0.15) is 13.2 Å². The van der Waals surface area contributed by atoms with Crippen LogP contribution in [-0.4, -0.2) is 68.5 Å². The van der Waals surface area contributed by atoms with Gasteiger partial charge in [0.2, 0.25) is 5.91 Å². The largest absolute Gasteiger partial charge is 0.756 e. The molecule has 0 aliphatic rings. The normalized spacial score (nSPS) is 14.4. The van der Waals surface area contributed by atoms with Crippen molar-refractivity contribution in [2.24, 2.45) is 0 Å². The highest BCUT2D eigenvalue weighted by molar-refractivity contribution is 7.45. The molecule has 0 fully saturated rings. The third kappa shape index (κ3) is 59.3. The van der Waals surface area contributed by atoms with Crippen LogP contribution in [0.15, 0.2) is 85.1 Å². The van der Waals surface area contributed by atoms with Crippen LogP contribution >= 0.6 is 7.82 Å². The first-order chi connectivity index (χ1) is 37.0. The van der Waals surface area contributed by atoms with Crippen LogP contribution in [0, 0.1) is 0 Å². The number of likely N-dealkylation sites (N-methyl/N-ethyl adjacent to an activating group) is 1. The van der Waals surface area contributed by atoms with Crippen LogP contribution in [0.25, 0.3) is 0 Å². The second-order valence-electron chi connectivity index (χ2n) is 22.7. The molecular weight excluding hydrogens is 960 g/mol. The SMILES string of the molecule is CC/C=C\C/C=C\C/C=C\C/C=C\C/C=C\C/C=C\C/C=C\CCCC(=O)NC(COP(=O)([O-])OCC[N+](C)(C)C)C(O)CCCCCCCCCCCCCCCCCCCCCCCCCCCCCCCCC. The molecule has 0 saturated heterocycles. The number of unbranched alkanes of at least 4 members (excludes halogenated alkanes) is 31. The summed E-state index contributed by atoms with van der Waals surface area (Å²) in [6, 6.07) is -0.839. The van der Waals surface area contributed by atoms with Crippen molar-refractivity contribution in [2.75, 3.05) is 40.9 Å². The van der Waals surface area contributed by atoms with Crippen LogP contribution in [0.3, 0.4) is 0 Å². The van der Waals surface area contributed by atoms with E-state index in [1.807, 2.05) is 21.1 Å². The van der Waals surface area contributed by atoms with Crippen molar-refractivity contribution in [1.82, 2.24) is 5.32 Å². The molecule has 0 bridgehead atoms. The standard InChI is InChI=1S/C67H123N2O6P/c1-6-8-10-12-14-16-18-20-22-24-26-28-30-31-32-33-34-35-36-37-39-40-42-44-46-48-50-52-54-56-58-60-66(70)65(64-75-76(72,73)74-63-62-69(3,4)5)68-67(71)61-59-57-55-53-51-49-47-45-43-41-38-29-27-25-23-21-19-17-15-13-11-9-7-2/h9,11,15,17,21,23,27,29,41,43,47,49,53,55,65-66,70H,6-8,10,12-14,16,18-20,22,24-26,28,30-40,42,44-46,48,50-52,54,56-64H2,1-5H3,(H-,68,71,72,73)/b11-9-,17-15-,23-21-,29-27-,43-41-,49-47-,55-53-. The van der Waals surface area contributed by atoms with Gasteiger partial charge in [0.05, 0.1) is 39.9 Å². The Hall–Kier alpha value is -2.32. The first kappa shape index (κ1) is 73.7. The Morgan fingerprint density at radius 1 is 0.474 bits per heavy atom. The van der Waals surface area contributed by atoms with Crippen LogP contribution < -0.4 is 10.2 Å². The van der Waals surface area contributed by atoms with Crippen molar-refractivity contribution in [3.8, 4) is 0 Å². The predicted molar refractivity (Wildman–Crippen MR) is 330 cm³/mol. The highest BCUT2D eigenvalue weighted by atomic mass is 31.2. The molecule has 0 aliphatic heterocycles. The summed E-state index contributed by atoms with van der Waals surface area (Å²) in [5.41, 5.74) is 0. The molecule has 76 heavy (non-hydrogen) atoms. The molecule has 3 unspecified atom stereocenters. The molecule has 0 aromatic heterocycles. The van der Waals surface area contributed by atoms with Crippen molar-refractivity contribution in [2.45, 2.75) is 296 Å². The van der Waals surface area contributed by atoms with Gasteiger partial charge in [0.15, 0.2) is 0 Å². The van der Waals surface area contributed by atoms with E-state index < -0.39 is 20.0 Å². The molecule has 1 amide bonds. The Balaban J connectivity index is 4.16. The number of carbonyl (C=O) groups excluding carboxylic acids is 1. The van der Waals surface area contributed by atoms with Gasteiger partial charge in [-0.15, -0.1) is 0 Å². The van der Waals surface area contributed by atoms with Crippen molar-refractivity contribution < 1.29 is 32.9 Å². The minimum atomic E-state index is -4.60. The molecule has 442 valence electrons. The lowest BCUT2D eigenvalue weighted by Crippen LogP contribution is -2.46. The molecular formula is C67H123N2O6P. The second-order valence-corrected chi connectivity index (χ2v) is 24.2. The third-order valence-electron chi connectivity index (χ3n) is 14.1. The van der Waals surface area contributed by atoms with Gasteiger partial charge >= 0.3 is 0 Å². The average molecular weight is 1080 g/mol. The van der Waals surface area contributed by atoms with Crippen LogP contribution in [0.5, 0.6) is 0 Å². The van der Waals surface area contributed by atoms with E-state index in [4.69, 9.17) is 9.05 Å². The van der Waals surface area contributed by atoms with Gasteiger partial charge in [-0.2, -0.15) is 0 Å². The number of phosphoric ester groups is 1. The van der Waals surface area contributed by atoms with E-state index in [0.29, 0.717) is 23.9 Å². The molecule has 0 rings (SSSR count). The van der Waals surface area contributed by atoms with E-state index in [9.17, 15) is 19.4 Å². The lowest BCUT2D eigenvalue weighted by molar-refractivity contribution is -0.870. The third-order valence-corrected chi connectivity index (χ3v) is 15.1. The molecule has 9 heteroatoms. The number of allylic oxidation sites excluding steroid dienone is 14. The maximum absolute atomic E-state index is 13.0. The summed E-state index contributed by atoms with van der Waals surface area (Å²) in [4.78, 5) is 25.6. The topological polar surface area (TPSA) is 108 Å². The summed E-state index contributed by atoms with van der Waals surface area (Å²) in [7, 11) is 1.26. The van der Waals surface area contributed by atoms with Gasteiger partial charge in [-0.1, -0.05) is 298 Å². The van der Waals surface area contributed by atoms with E-state index in [1.165, 1.54) is 180 Å². The molecule has 0 spiro atoms. The number of nitrogens with zero attached hydrogens (tertiary/aromatic N) is 1. The molecule has 0 radical (unpaired) electrons. The fourth-order valence-corrected chi connectivity index (χ4v) is 9.93. The summed E-state index contributed by atoms with van der Waals surface area (Å²) in [5, 5.41) is 14.0.